The normalized spacial score (nSPS) is 19.8. The molecule has 0 amide bonds. The van der Waals surface area contributed by atoms with Crippen LogP contribution in [-0.2, 0) is 6.54 Å². The molecule has 3 heterocycles. The van der Waals surface area contributed by atoms with Gasteiger partial charge < -0.3 is 19.5 Å². The average molecular weight is 512 g/mol. The lowest BCUT2D eigenvalue weighted by atomic mass is 9.93. The summed E-state index contributed by atoms with van der Waals surface area (Å²) in [5.41, 5.74) is 1.07. The van der Waals surface area contributed by atoms with Gasteiger partial charge in [0.15, 0.2) is 5.96 Å². The number of nitrogens with zero attached hydrogens (tertiary/aromatic N) is 5. The Hall–Kier alpha value is -1.84. The first-order valence-corrected chi connectivity index (χ1v) is 10.2. The summed E-state index contributed by atoms with van der Waals surface area (Å²) in [4.78, 5) is 15.8. The van der Waals surface area contributed by atoms with Crippen molar-refractivity contribution in [1.29, 1.82) is 0 Å². The highest BCUT2D eigenvalue weighted by molar-refractivity contribution is 14.0. The van der Waals surface area contributed by atoms with Crippen molar-refractivity contribution < 1.29 is 4.74 Å². The van der Waals surface area contributed by atoms with Crippen molar-refractivity contribution in [3.05, 3.63) is 42.6 Å². The Bertz CT molecular complexity index is 747. The first-order valence-electron chi connectivity index (χ1n) is 10.2. The van der Waals surface area contributed by atoms with Crippen molar-refractivity contribution in [2.45, 2.75) is 52.8 Å². The van der Waals surface area contributed by atoms with E-state index in [1.54, 1.807) is 0 Å². The van der Waals surface area contributed by atoms with E-state index in [2.05, 4.69) is 44.8 Å². The minimum absolute atomic E-state index is 0. The molecule has 160 valence electrons. The van der Waals surface area contributed by atoms with Crippen molar-refractivity contribution in [2.24, 2.45) is 10.9 Å². The van der Waals surface area contributed by atoms with Gasteiger partial charge in [-0.1, -0.05) is 13.0 Å². The van der Waals surface area contributed by atoms with Gasteiger partial charge in [0.1, 0.15) is 0 Å². The van der Waals surface area contributed by atoms with Crippen LogP contribution in [0.4, 0.5) is 0 Å². The third-order valence-corrected chi connectivity index (χ3v) is 5.03. The number of guanidine groups is 1. The van der Waals surface area contributed by atoms with Crippen LogP contribution in [0.15, 0.2) is 42.0 Å². The molecule has 1 aliphatic rings. The van der Waals surface area contributed by atoms with E-state index in [0.29, 0.717) is 24.4 Å². The molecule has 2 atom stereocenters. The highest BCUT2D eigenvalue weighted by Gasteiger charge is 2.28. The van der Waals surface area contributed by atoms with Crippen LogP contribution < -0.4 is 10.1 Å². The minimum Gasteiger partial charge on any atom is -0.475 e. The molecule has 3 rings (SSSR count). The zero-order valence-electron chi connectivity index (χ0n) is 17.8. The Morgan fingerprint density at radius 2 is 2.21 bits per heavy atom. The zero-order chi connectivity index (χ0) is 19.9. The van der Waals surface area contributed by atoms with Crippen molar-refractivity contribution in [2.75, 3.05) is 19.6 Å². The van der Waals surface area contributed by atoms with Crippen LogP contribution in [0.2, 0.25) is 0 Å². The van der Waals surface area contributed by atoms with Crippen LogP contribution in [0.5, 0.6) is 5.88 Å². The summed E-state index contributed by atoms with van der Waals surface area (Å²) in [6.07, 6.45) is 8.93. The largest absolute Gasteiger partial charge is 0.475 e. The number of pyridine rings is 1. The molecule has 2 aromatic heterocycles. The monoisotopic (exact) mass is 512 g/mol. The summed E-state index contributed by atoms with van der Waals surface area (Å²) in [5.74, 6) is 2.23. The van der Waals surface area contributed by atoms with Gasteiger partial charge >= 0.3 is 0 Å². The van der Waals surface area contributed by atoms with Gasteiger partial charge in [-0.15, -0.1) is 24.0 Å². The van der Waals surface area contributed by atoms with Gasteiger partial charge in [-0.05, 0) is 38.7 Å². The number of nitrogens with one attached hydrogen (secondary N) is 1. The summed E-state index contributed by atoms with van der Waals surface area (Å²) >= 11 is 0. The molecule has 0 aliphatic carbocycles. The highest BCUT2D eigenvalue weighted by Crippen LogP contribution is 2.27. The third-order valence-electron chi connectivity index (χ3n) is 5.03. The van der Waals surface area contributed by atoms with E-state index in [-0.39, 0.29) is 30.1 Å². The van der Waals surface area contributed by atoms with E-state index in [4.69, 9.17) is 9.73 Å². The van der Waals surface area contributed by atoms with Crippen LogP contribution in [0.25, 0.3) is 0 Å². The number of hydrogen-bond acceptors (Lipinski definition) is 4. The predicted molar refractivity (Wildman–Crippen MR) is 127 cm³/mol. The number of ether oxygens (including phenoxy) is 1. The second-order valence-electron chi connectivity index (χ2n) is 7.63. The zero-order valence-corrected chi connectivity index (χ0v) is 20.1. The van der Waals surface area contributed by atoms with Gasteiger partial charge in [-0.3, -0.25) is 0 Å². The van der Waals surface area contributed by atoms with Crippen molar-refractivity contribution in [1.82, 2.24) is 24.8 Å². The van der Waals surface area contributed by atoms with E-state index in [1.165, 1.54) is 0 Å². The number of halogens is 1. The van der Waals surface area contributed by atoms with E-state index < -0.39 is 0 Å². The number of rotatable bonds is 6. The molecule has 0 saturated carbocycles. The number of aliphatic imine (C=N–C) groups is 1. The van der Waals surface area contributed by atoms with Gasteiger partial charge in [0.25, 0.3) is 0 Å². The van der Waals surface area contributed by atoms with Crippen LogP contribution in [-0.4, -0.2) is 51.1 Å². The summed E-state index contributed by atoms with van der Waals surface area (Å²) in [6, 6.07) is 4.36. The standard InChI is InChI=1S/C21H32N6O.HI/c1-5-23-21(25-13-18-6-7-20(24-12-18)28-16(2)3)26-10-8-17(4)19(14-26)27-11-9-22-15-27;/h6-7,9,11-12,15-17,19H,5,8,10,13-14H2,1-4H3,(H,23,25);1H. The van der Waals surface area contributed by atoms with E-state index >= 15 is 0 Å². The van der Waals surface area contributed by atoms with Crippen LogP contribution >= 0.6 is 24.0 Å². The summed E-state index contributed by atoms with van der Waals surface area (Å²) in [6.45, 7) is 11.8. The second-order valence-corrected chi connectivity index (χ2v) is 7.63. The topological polar surface area (TPSA) is 67.6 Å². The smallest absolute Gasteiger partial charge is 0.213 e. The Kier molecular flexibility index (Phi) is 9.19. The van der Waals surface area contributed by atoms with Gasteiger partial charge in [0.2, 0.25) is 5.88 Å². The van der Waals surface area contributed by atoms with Crippen molar-refractivity contribution >= 4 is 29.9 Å². The molecule has 0 spiro atoms. The maximum Gasteiger partial charge on any atom is 0.213 e. The summed E-state index contributed by atoms with van der Waals surface area (Å²) in [5, 5.41) is 3.45. The molecule has 0 aromatic carbocycles. The molecular formula is C21H33IN6O. The first kappa shape index (κ1) is 23.4. The fraction of sp³-hybridized carbons (Fsp3) is 0.571. The van der Waals surface area contributed by atoms with E-state index in [0.717, 1.165) is 37.6 Å². The number of likely N-dealkylation sites (tertiary alicyclic amines) is 1. The highest BCUT2D eigenvalue weighted by atomic mass is 127. The lowest BCUT2D eigenvalue weighted by molar-refractivity contribution is 0.189. The third kappa shape index (κ3) is 6.58. The molecule has 1 saturated heterocycles. The maximum atomic E-state index is 5.61. The summed E-state index contributed by atoms with van der Waals surface area (Å²) in [7, 11) is 0. The van der Waals surface area contributed by atoms with Crippen LogP contribution in [0.3, 0.4) is 0 Å². The average Bonchev–Trinajstić information content (AvgIpc) is 3.21. The van der Waals surface area contributed by atoms with E-state index in [1.807, 2.05) is 44.7 Å². The molecule has 1 fully saturated rings. The number of imidazole rings is 1. The molecule has 7 nitrogen and oxygen atoms in total. The number of piperidine rings is 1. The fourth-order valence-corrected chi connectivity index (χ4v) is 3.50. The van der Waals surface area contributed by atoms with Gasteiger partial charge in [0, 0.05) is 44.3 Å². The molecule has 2 unspecified atom stereocenters. The molecule has 0 bridgehead atoms. The molecule has 29 heavy (non-hydrogen) atoms. The maximum absolute atomic E-state index is 5.61. The molecule has 8 heteroatoms. The van der Waals surface area contributed by atoms with Crippen LogP contribution in [0.1, 0.15) is 45.7 Å². The SMILES string of the molecule is CCNC(=NCc1ccc(OC(C)C)nc1)N1CCC(C)C(n2ccnc2)C1.I. The number of hydrogen-bond donors (Lipinski definition) is 1. The van der Waals surface area contributed by atoms with Crippen molar-refractivity contribution in [3.8, 4) is 5.88 Å². The predicted octanol–water partition coefficient (Wildman–Crippen LogP) is 3.73. The van der Waals surface area contributed by atoms with Crippen molar-refractivity contribution in [3.63, 3.8) is 0 Å². The Labute approximate surface area is 191 Å². The fourth-order valence-electron chi connectivity index (χ4n) is 3.50. The molecule has 0 radical (unpaired) electrons. The molecular weight excluding hydrogens is 479 g/mol. The van der Waals surface area contributed by atoms with Crippen LogP contribution in [0, 0.1) is 5.92 Å². The van der Waals surface area contributed by atoms with Gasteiger partial charge in [0.05, 0.1) is 25.0 Å². The lowest BCUT2D eigenvalue weighted by Gasteiger charge is -2.39. The molecule has 1 N–H and O–H groups in total. The lowest BCUT2D eigenvalue weighted by Crippen LogP contribution is -2.49. The Morgan fingerprint density at radius 3 is 2.83 bits per heavy atom. The first-order chi connectivity index (χ1) is 13.6. The minimum atomic E-state index is 0. The second kappa shape index (κ2) is 11.4. The Balaban J connectivity index is 0.00000300. The molecule has 1 aliphatic heterocycles. The number of aromatic nitrogens is 3. The molecule has 2 aromatic rings. The quantitative estimate of drug-likeness (QED) is 0.363. The van der Waals surface area contributed by atoms with E-state index in [9.17, 15) is 0 Å². The Morgan fingerprint density at radius 1 is 1.38 bits per heavy atom. The summed E-state index contributed by atoms with van der Waals surface area (Å²) < 4.78 is 7.83. The van der Waals surface area contributed by atoms with Gasteiger partial charge in [-0.2, -0.15) is 0 Å². The van der Waals surface area contributed by atoms with Gasteiger partial charge in [-0.25, -0.2) is 15.0 Å².